The Balaban J connectivity index is 0.00000112. The minimum absolute atomic E-state index is 0. The summed E-state index contributed by atoms with van der Waals surface area (Å²) in [5.41, 5.74) is 0. The van der Waals surface area contributed by atoms with E-state index in [2.05, 4.69) is 20.6 Å². The second-order valence-corrected chi connectivity index (χ2v) is 3.72. The van der Waals surface area contributed by atoms with Crippen LogP contribution < -0.4 is 10.6 Å². The lowest BCUT2D eigenvalue weighted by Crippen LogP contribution is -2.35. The van der Waals surface area contributed by atoms with Gasteiger partial charge < -0.3 is 10.6 Å². The van der Waals surface area contributed by atoms with Gasteiger partial charge >= 0.3 is 0 Å². The molecule has 16 heavy (non-hydrogen) atoms. The van der Waals surface area contributed by atoms with Crippen molar-refractivity contribution < 1.29 is 0 Å². The number of hydrogen-bond donors (Lipinski definition) is 2. The van der Waals surface area contributed by atoms with Gasteiger partial charge in [-0.15, -0.1) is 24.8 Å². The summed E-state index contributed by atoms with van der Waals surface area (Å²) in [7, 11) is 0. The van der Waals surface area contributed by atoms with Crippen LogP contribution in [0.5, 0.6) is 0 Å². The number of nitrogens with one attached hydrogen (secondary N) is 2. The molecule has 4 nitrogen and oxygen atoms in total. The molecule has 1 saturated heterocycles. The van der Waals surface area contributed by atoms with Gasteiger partial charge in [-0.3, -0.25) is 0 Å². The molecule has 1 fully saturated rings. The van der Waals surface area contributed by atoms with E-state index in [9.17, 15) is 0 Å². The Labute approximate surface area is 112 Å². The summed E-state index contributed by atoms with van der Waals surface area (Å²) in [4.78, 5) is 7.92. The highest BCUT2D eigenvalue weighted by Gasteiger charge is 2.12. The van der Waals surface area contributed by atoms with Gasteiger partial charge in [0.05, 0.1) is 0 Å². The van der Waals surface area contributed by atoms with Crippen LogP contribution in [0.4, 0.5) is 5.82 Å². The smallest absolute Gasteiger partial charge is 0.224 e. The second-order valence-electron chi connectivity index (χ2n) is 3.38. The molecule has 2 heterocycles. The maximum atomic E-state index is 5.69. The van der Waals surface area contributed by atoms with Crippen molar-refractivity contribution in [1.29, 1.82) is 0 Å². The van der Waals surface area contributed by atoms with E-state index in [0.29, 0.717) is 11.3 Å². The zero-order valence-corrected chi connectivity index (χ0v) is 11.0. The molecule has 0 aromatic carbocycles. The van der Waals surface area contributed by atoms with E-state index < -0.39 is 0 Å². The van der Waals surface area contributed by atoms with Crippen LogP contribution in [-0.2, 0) is 0 Å². The fraction of sp³-hybridized carbons (Fsp3) is 0.556. The van der Waals surface area contributed by atoms with Crippen LogP contribution in [-0.4, -0.2) is 29.1 Å². The van der Waals surface area contributed by atoms with Crippen LogP contribution in [0.2, 0.25) is 5.28 Å². The fourth-order valence-corrected chi connectivity index (χ4v) is 1.74. The molecule has 92 valence electrons. The number of rotatable bonds is 2. The average molecular weight is 286 g/mol. The number of hydrogen-bond acceptors (Lipinski definition) is 4. The van der Waals surface area contributed by atoms with Gasteiger partial charge in [-0.1, -0.05) is 0 Å². The molecule has 7 heteroatoms. The van der Waals surface area contributed by atoms with Crippen LogP contribution in [0.25, 0.3) is 0 Å². The summed E-state index contributed by atoms with van der Waals surface area (Å²) < 4.78 is 0. The van der Waals surface area contributed by atoms with E-state index in [1.54, 1.807) is 6.20 Å². The lowest BCUT2D eigenvalue weighted by molar-refractivity contribution is 0.478. The summed E-state index contributed by atoms with van der Waals surface area (Å²) in [6.45, 7) is 2.13. The molecular weight excluding hydrogens is 270 g/mol. The first-order chi connectivity index (χ1) is 6.84. The van der Waals surface area contributed by atoms with E-state index >= 15 is 0 Å². The van der Waals surface area contributed by atoms with Crippen molar-refractivity contribution in [3.8, 4) is 0 Å². The highest BCUT2D eigenvalue weighted by Crippen LogP contribution is 2.11. The highest BCUT2D eigenvalue weighted by molar-refractivity contribution is 6.28. The van der Waals surface area contributed by atoms with Crippen molar-refractivity contribution in [2.24, 2.45) is 0 Å². The topological polar surface area (TPSA) is 49.8 Å². The van der Waals surface area contributed by atoms with Gasteiger partial charge in [-0.05, 0) is 43.6 Å². The van der Waals surface area contributed by atoms with Crippen molar-refractivity contribution in [1.82, 2.24) is 15.3 Å². The Morgan fingerprint density at radius 1 is 1.31 bits per heavy atom. The van der Waals surface area contributed by atoms with E-state index in [1.165, 1.54) is 0 Å². The van der Waals surface area contributed by atoms with Crippen molar-refractivity contribution in [3.05, 3.63) is 17.5 Å². The minimum atomic E-state index is 0. The maximum absolute atomic E-state index is 5.69. The number of halogens is 3. The predicted molar refractivity (Wildman–Crippen MR) is 71.1 cm³/mol. The largest absolute Gasteiger partial charge is 0.367 e. The molecule has 2 N–H and O–H groups in total. The molecule has 1 aliphatic rings. The Kier molecular flexibility index (Phi) is 7.76. The summed E-state index contributed by atoms with van der Waals surface area (Å²) in [5, 5.41) is 6.95. The molecule has 0 spiro atoms. The Morgan fingerprint density at radius 3 is 2.62 bits per heavy atom. The molecule has 0 unspecified atom stereocenters. The first-order valence-electron chi connectivity index (χ1n) is 4.80. The van der Waals surface area contributed by atoms with Crippen molar-refractivity contribution in [3.63, 3.8) is 0 Å². The van der Waals surface area contributed by atoms with E-state index in [1.807, 2.05) is 6.07 Å². The van der Waals surface area contributed by atoms with E-state index in [0.717, 1.165) is 31.7 Å². The zero-order chi connectivity index (χ0) is 9.80. The van der Waals surface area contributed by atoms with Crippen LogP contribution in [0.1, 0.15) is 12.8 Å². The molecule has 0 aliphatic carbocycles. The fourth-order valence-electron chi connectivity index (χ4n) is 1.59. The van der Waals surface area contributed by atoms with Crippen LogP contribution in [0.15, 0.2) is 12.3 Å². The van der Waals surface area contributed by atoms with Crippen molar-refractivity contribution in [2.45, 2.75) is 18.9 Å². The Bertz CT molecular complexity index is 305. The third kappa shape index (κ3) is 4.70. The Morgan fingerprint density at radius 2 is 2.00 bits per heavy atom. The van der Waals surface area contributed by atoms with Gasteiger partial charge in [0.1, 0.15) is 5.82 Å². The number of anilines is 1. The lowest BCUT2D eigenvalue weighted by atomic mass is 10.1. The molecule has 0 atom stereocenters. The minimum Gasteiger partial charge on any atom is -0.367 e. The van der Waals surface area contributed by atoms with Gasteiger partial charge in [-0.2, -0.15) is 0 Å². The molecule has 1 aliphatic heterocycles. The number of aromatic nitrogens is 2. The molecular formula is C9H15Cl3N4. The SMILES string of the molecule is Cl.Cl.Clc1nccc(NC2CCNCC2)n1. The first kappa shape index (κ1) is 15.7. The van der Waals surface area contributed by atoms with E-state index in [4.69, 9.17) is 11.6 Å². The zero-order valence-electron chi connectivity index (χ0n) is 8.65. The van der Waals surface area contributed by atoms with Crippen LogP contribution in [0.3, 0.4) is 0 Å². The highest BCUT2D eigenvalue weighted by atomic mass is 35.5. The number of nitrogens with zero attached hydrogens (tertiary/aromatic N) is 2. The van der Waals surface area contributed by atoms with Gasteiger partial charge in [0.15, 0.2) is 0 Å². The van der Waals surface area contributed by atoms with Crippen LogP contribution in [0, 0.1) is 0 Å². The van der Waals surface area contributed by atoms with Gasteiger partial charge in [-0.25, -0.2) is 9.97 Å². The molecule has 0 radical (unpaired) electrons. The average Bonchev–Trinajstić information content (AvgIpc) is 2.19. The normalized spacial score (nSPS) is 15.8. The summed E-state index contributed by atoms with van der Waals surface area (Å²) in [5.74, 6) is 0.817. The lowest BCUT2D eigenvalue weighted by Gasteiger charge is -2.23. The second kappa shape index (κ2) is 7.90. The third-order valence-corrected chi connectivity index (χ3v) is 2.50. The standard InChI is InChI=1S/C9H13ClN4.2ClH/c10-9-12-6-3-8(14-9)13-7-1-4-11-5-2-7;;/h3,6-7,11H,1-2,4-5H2,(H,12,13,14);2*1H. The maximum Gasteiger partial charge on any atom is 0.224 e. The first-order valence-corrected chi connectivity index (χ1v) is 5.18. The number of piperidine rings is 1. The molecule has 2 rings (SSSR count). The van der Waals surface area contributed by atoms with Crippen molar-refractivity contribution >= 4 is 42.2 Å². The molecule has 0 saturated carbocycles. The van der Waals surface area contributed by atoms with Gasteiger partial charge in [0, 0.05) is 12.2 Å². The predicted octanol–water partition coefficient (Wildman–Crippen LogP) is 2.14. The van der Waals surface area contributed by atoms with Gasteiger partial charge in [0.2, 0.25) is 5.28 Å². The quantitative estimate of drug-likeness (QED) is 0.818. The monoisotopic (exact) mass is 284 g/mol. The summed E-state index contributed by atoms with van der Waals surface area (Å²) >= 11 is 5.69. The van der Waals surface area contributed by atoms with Crippen molar-refractivity contribution in [2.75, 3.05) is 18.4 Å². The van der Waals surface area contributed by atoms with Crippen LogP contribution >= 0.6 is 36.4 Å². The van der Waals surface area contributed by atoms with E-state index in [-0.39, 0.29) is 24.8 Å². The third-order valence-electron chi connectivity index (χ3n) is 2.32. The Hall–Kier alpha value is -0.290. The van der Waals surface area contributed by atoms with Gasteiger partial charge in [0.25, 0.3) is 0 Å². The molecule has 0 bridgehead atoms. The molecule has 0 amide bonds. The molecule has 1 aromatic heterocycles. The summed E-state index contributed by atoms with van der Waals surface area (Å²) in [6, 6.07) is 2.34. The summed E-state index contributed by atoms with van der Waals surface area (Å²) in [6.07, 6.45) is 3.92. The molecule has 1 aromatic rings.